The lowest BCUT2D eigenvalue weighted by Gasteiger charge is -2.26. The lowest BCUT2D eigenvalue weighted by atomic mass is 9.87. The van der Waals surface area contributed by atoms with Crippen LogP contribution in [0.3, 0.4) is 0 Å². The number of carbonyl (C=O) groups is 2. The Bertz CT molecular complexity index is 1190. The minimum atomic E-state index is -4.97. The first-order valence-corrected chi connectivity index (χ1v) is 9.92. The summed E-state index contributed by atoms with van der Waals surface area (Å²) in [6.07, 6.45) is -4.97. The van der Waals surface area contributed by atoms with Crippen LogP contribution in [0.15, 0.2) is 77.9 Å². The summed E-state index contributed by atoms with van der Waals surface area (Å²) in [5.74, 6) is -1.85. The first kappa shape index (κ1) is 22.1. The molecule has 0 unspecified atom stereocenters. The molecule has 3 aromatic carbocycles. The lowest BCUT2D eigenvalue weighted by molar-refractivity contribution is -0.167. The number of anilines is 1. The topological polar surface area (TPSA) is 79.8 Å². The summed E-state index contributed by atoms with van der Waals surface area (Å²) in [6, 6.07) is 20.2. The molecule has 0 atom stereocenters. The number of nitrogens with one attached hydrogen (secondary N) is 2. The fourth-order valence-electron chi connectivity index (χ4n) is 3.46. The summed E-state index contributed by atoms with van der Waals surface area (Å²) in [5, 5.41) is 5.93. The lowest BCUT2D eigenvalue weighted by Crippen LogP contribution is -2.30. The van der Waals surface area contributed by atoms with Gasteiger partial charge in [0.1, 0.15) is 11.5 Å². The quantitative estimate of drug-likeness (QED) is 0.433. The molecule has 1 heterocycles. The fourth-order valence-corrected chi connectivity index (χ4v) is 3.46. The van der Waals surface area contributed by atoms with Gasteiger partial charge in [-0.15, -0.1) is 0 Å². The number of ether oxygens (including phenoxy) is 1. The molecule has 2 amide bonds. The first-order chi connectivity index (χ1) is 15.7. The van der Waals surface area contributed by atoms with Crippen LogP contribution in [-0.2, 0) is 9.59 Å². The molecule has 0 fully saturated rings. The van der Waals surface area contributed by atoms with Gasteiger partial charge in [0.05, 0.1) is 11.6 Å². The molecule has 2 N–H and O–H groups in total. The van der Waals surface area contributed by atoms with Crippen LogP contribution in [0, 0.1) is 0 Å². The van der Waals surface area contributed by atoms with Crippen molar-refractivity contribution in [3.8, 4) is 11.5 Å². The van der Waals surface area contributed by atoms with Crippen molar-refractivity contribution in [3.63, 3.8) is 0 Å². The SMILES string of the molecule is C/C(=N\NC(=O)C1c2ccccc2Oc2ccccc21)c1ccc(NC(=O)C(F)(F)F)cc1. The molecular weight excluding hydrogens is 435 g/mol. The molecule has 168 valence electrons. The number of hydrazone groups is 1. The van der Waals surface area contributed by atoms with Gasteiger partial charge < -0.3 is 10.1 Å². The van der Waals surface area contributed by atoms with Crippen molar-refractivity contribution < 1.29 is 27.5 Å². The van der Waals surface area contributed by atoms with Crippen LogP contribution in [0.5, 0.6) is 11.5 Å². The van der Waals surface area contributed by atoms with Crippen molar-refractivity contribution in [2.45, 2.75) is 19.0 Å². The van der Waals surface area contributed by atoms with Gasteiger partial charge >= 0.3 is 12.1 Å². The summed E-state index contributed by atoms with van der Waals surface area (Å²) in [6.45, 7) is 1.65. The zero-order valence-electron chi connectivity index (χ0n) is 17.3. The van der Waals surface area contributed by atoms with Gasteiger partial charge in [-0.05, 0) is 36.8 Å². The molecule has 1 aliphatic rings. The number of alkyl halides is 3. The molecule has 9 heteroatoms. The molecule has 0 radical (unpaired) electrons. The molecular formula is C24H18F3N3O3. The van der Waals surface area contributed by atoms with Gasteiger partial charge in [-0.2, -0.15) is 18.3 Å². The monoisotopic (exact) mass is 453 g/mol. The normalized spacial score (nSPS) is 13.4. The second kappa shape index (κ2) is 8.78. The highest BCUT2D eigenvalue weighted by Crippen LogP contribution is 2.43. The molecule has 33 heavy (non-hydrogen) atoms. The molecule has 0 bridgehead atoms. The number of nitrogens with zero attached hydrogens (tertiary/aromatic N) is 1. The van der Waals surface area contributed by atoms with Crippen LogP contribution in [0.4, 0.5) is 18.9 Å². The van der Waals surface area contributed by atoms with Crippen LogP contribution in [-0.4, -0.2) is 23.7 Å². The first-order valence-electron chi connectivity index (χ1n) is 9.92. The van der Waals surface area contributed by atoms with Gasteiger partial charge in [-0.1, -0.05) is 48.5 Å². The molecule has 0 aliphatic carbocycles. The molecule has 0 saturated heterocycles. The van der Waals surface area contributed by atoms with Gasteiger partial charge in [0.2, 0.25) is 0 Å². The molecule has 0 aromatic heterocycles. The van der Waals surface area contributed by atoms with Gasteiger partial charge in [0.25, 0.3) is 5.91 Å². The Morgan fingerprint density at radius 1 is 0.879 bits per heavy atom. The van der Waals surface area contributed by atoms with E-state index in [9.17, 15) is 22.8 Å². The number of amides is 2. The van der Waals surface area contributed by atoms with Crippen LogP contribution >= 0.6 is 0 Å². The average molecular weight is 453 g/mol. The minimum Gasteiger partial charge on any atom is -0.457 e. The van der Waals surface area contributed by atoms with Crippen LogP contribution in [0.2, 0.25) is 0 Å². The second-order valence-corrected chi connectivity index (χ2v) is 7.31. The van der Waals surface area contributed by atoms with E-state index in [-0.39, 0.29) is 11.6 Å². The van der Waals surface area contributed by atoms with E-state index in [1.54, 1.807) is 24.4 Å². The maximum absolute atomic E-state index is 13.1. The highest BCUT2D eigenvalue weighted by molar-refractivity contribution is 6.01. The molecule has 0 spiro atoms. The van der Waals surface area contributed by atoms with E-state index in [1.807, 2.05) is 36.4 Å². The summed E-state index contributed by atoms with van der Waals surface area (Å²) < 4.78 is 43.0. The molecule has 3 aromatic rings. The average Bonchev–Trinajstić information content (AvgIpc) is 2.80. The Morgan fingerprint density at radius 2 is 1.42 bits per heavy atom. The zero-order valence-corrected chi connectivity index (χ0v) is 17.3. The number of benzene rings is 3. The van der Waals surface area contributed by atoms with Crippen molar-refractivity contribution in [1.82, 2.24) is 5.43 Å². The van der Waals surface area contributed by atoms with Crippen molar-refractivity contribution in [2.75, 3.05) is 5.32 Å². The number of fused-ring (bicyclic) bond motifs is 2. The third-order valence-corrected chi connectivity index (χ3v) is 5.09. The Labute approximate surface area is 187 Å². The third kappa shape index (κ3) is 4.72. The van der Waals surface area contributed by atoms with E-state index in [1.165, 1.54) is 24.3 Å². The summed E-state index contributed by atoms with van der Waals surface area (Å²) in [4.78, 5) is 24.1. The number of carbonyl (C=O) groups excluding carboxylic acids is 2. The maximum Gasteiger partial charge on any atom is 0.471 e. The van der Waals surface area contributed by atoms with E-state index in [2.05, 4.69) is 10.5 Å². The number of rotatable bonds is 4. The van der Waals surface area contributed by atoms with E-state index in [0.29, 0.717) is 33.9 Å². The molecule has 1 aliphatic heterocycles. The molecule has 6 nitrogen and oxygen atoms in total. The predicted octanol–water partition coefficient (Wildman–Crippen LogP) is 4.97. The van der Waals surface area contributed by atoms with E-state index < -0.39 is 18.0 Å². The minimum absolute atomic E-state index is 0.00618. The van der Waals surface area contributed by atoms with Gasteiger partial charge in [0.15, 0.2) is 0 Å². The maximum atomic E-state index is 13.1. The predicted molar refractivity (Wildman–Crippen MR) is 116 cm³/mol. The summed E-state index contributed by atoms with van der Waals surface area (Å²) >= 11 is 0. The molecule has 0 saturated carbocycles. The van der Waals surface area contributed by atoms with Gasteiger partial charge in [-0.3, -0.25) is 9.59 Å². The highest BCUT2D eigenvalue weighted by Gasteiger charge is 2.38. The van der Waals surface area contributed by atoms with E-state index >= 15 is 0 Å². The summed E-state index contributed by atoms with van der Waals surface area (Å²) in [7, 11) is 0. The number of hydrogen-bond donors (Lipinski definition) is 2. The largest absolute Gasteiger partial charge is 0.471 e. The fraction of sp³-hybridized carbons (Fsp3) is 0.125. The van der Waals surface area contributed by atoms with Crippen molar-refractivity contribution in [1.29, 1.82) is 0 Å². The Morgan fingerprint density at radius 3 is 1.97 bits per heavy atom. The van der Waals surface area contributed by atoms with Gasteiger partial charge in [-0.25, -0.2) is 5.43 Å². The Kier molecular flexibility index (Phi) is 5.87. The second-order valence-electron chi connectivity index (χ2n) is 7.31. The number of para-hydroxylation sites is 2. The smallest absolute Gasteiger partial charge is 0.457 e. The van der Waals surface area contributed by atoms with Crippen molar-refractivity contribution in [2.24, 2.45) is 5.10 Å². The highest BCUT2D eigenvalue weighted by atomic mass is 19.4. The van der Waals surface area contributed by atoms with Gasteiger partial charge in [0, 0.05) is 16.8 Å². The Hall–Kier alpha value is -4.14. The van der Waals surface area contributed by atoms with Crippen molar-refractivity contribution in [3.05, 3.63) is 89.5 Å². The van der Waals surface area contributed by atoms with Crippen molar-refractivity contribution >= 4 is 23.2 Å². The van der Waals surface area contributed by atoms with E-state index in [4.69, 9.17) is 4.74 Å². The van der Waals surface area contributed by atoms with Crippen LogP contribution < -0.4 is 15.5 Å². The van der Waals surface area contributed by atoms with E-state index in [0.717, 1.165) is 0 Å². The summed E-state index contributed by atoms with van der Waals surface area (Å²) in [5.41, 5.74) is 5.00. The standard InChI is InChI=1S/C24H18F3N3O3/c1-14(15-10-12-16(13-11-15)28-23(32)24(25,26)27)29-30-22(31)21-17-6-2-4-8-19(17)33-20-9-5-3-7-18(20)21/h2-13,21H,1H3,(H,28,32)(H,30,31)/b29-14+. The third-order valence-electron chi connectivity index (χ3n) is 5.09. The number of halogens is 3. The zero-order chi connectivity index (χ0) is 23.6. The van der Waals surface area contributed by atoms with Crippen LogP contribution in [0.1, 0.15) is 29.5 Å². The Balaban J connectivity index is 1.51. The molecule has 4 rings (SSSR count). The number of hydrogen-bond acceptors (Lipinski definition) is 4. The van der Waals surface area contributed by atoms with Crippen LogP contribution in [0.25, 0.3) is 0 Å².